The molecule has 2 aromatic rings. The van der Waals surface area contributed by atoms with Crippen LogP contribution in [-0.4, -0.2) is 43.8 Å². The van der Waals surface area contributed by atoms with Crippen molar-refractivity contribution in [2.24, 2.45) is 0 Å². The zero-order valence-corrected chi connectivity index (χ0v) is 16.2. The average molecular weight is 369 g/mol. The van der Waals surface area contributed by atoms with Crippen LogP contribution in [0.2, 0.25) is 0 Å². The average Bonchev–Trinajstić information content (AvgIpc) is 2.59. The maximum Gasteiger partial charge on any atom is 0.410 e. The van der Waals surface area contributed by atoms with Gasteiger partial charge < -0.3 is 14.7 Å². The number of piperidine rings is 2. The standard InChI is InChI=1S/C21H27N3O3/c1-20(2,3)27-19(25)24-14-7-6-8-15(24)12-21(26,11-14)18-13-22-16-9-4-5-10-17(16)23-18/h4-5,9-10,13-15,26H,6-8,11-12H2,1-3H3. The first-order valence-corrected chi connectivity index (χ1v) is 9.71. The molecule has 6 nitrogen and oxygen atoms in total. The summed E-state index contributed by atoms with van der Waals surface area (Å²) >= 11 is 0. The molecule has 0 saturated carbocycles. The number of fused-ring (bicyclic) bond motifs is 3. The Morgan fingerprint density at radius 3 is 2.44 bits per heavy atom. The fourth-order valence-corrected chi connectivity index (χ4v) is 4.43. The number of para-hydroxylation sites is 2. The third kappa shape index (κ3) is 3.50. The highest BCUT2D eigenvalue weighted by Crippen LogP contribution is 2.44. The second-order valence-corrected chi connectivity index (χ2v) is 8.81. The van der Waals surface area contributed by atoms with E-state index in [1.54, 1.807) is 6.20 Å². The van der Waals surface area contributed by atoms with E-state index in [1.165, 1.54) is 0 Å². The molecule has 2 aliphatic rings. The summed E-state index contributed by atoms with van der Waals surface area (Å²) in [4.78, 5) is 23.8. The van der Waals surface area contributed by atoms with Crippen LogP contribution < -0.4 is 0 Å². The molecule has 1 aromatic heterocycles. The lowest BCUT2D eigenvalue weighted by Gasteiger charge is -2.51. The van der Waals surface area contributed by atoms with Crippen LogP contribution in [-0.2, 0) is 10.3 Å². The molecule has 144 valence electrons. The van der Waals surface area contributed by atoms with Gasteiger partial charge in [-0.05, 0) is 52.2 Å². The van der Waals surface area contributed by atoms with Gasteiger partial charge in [0.2, 0.25) is 0 Å². The van der Waals surface area contributed by atoms with Crippen LogP contribution in [0, 0.1) is 0 Å². The smallest absolute Gasteiger partial charge is 0.410 e. The molecule has 2 atom stereocenters. The Kier molecular flexibility index (Phi) is 4.34. The van der Waals surface area contributed by atoms with Crippen molar-refractivity contribution in [2.75, 3.05) is 0 Å². The summed E-state index contributed by atoms with van der Waals surface area (Å²) in [6, 6.07) is 7.60. The number of hydrogen-bond donors (Lipinski definition) is 1. The van der Waals surface area contributed by atoms with Gasteiger partial charge in [-0.15, -0.1) is 0 Å². The minimum absolute atomic E-state index is 0.0365. The fraction of sp³-hybridized carbons (Fsp3) is 0.571. The van der Waals surface area contributed by atoms with Crippen molar-refractivity contribution in [3.63, 3.8) is 0 Å². The Labute approximate surface area is 159 Å². The van der Waals surface area contributed by atoms with Crippen LogP contribution in [0.5, 0.6) is 0 Å². The lowest BCUT2D eigenvalue weighted by molar-refractivity contribution is -0.0984. The molecule has 2 aliphatic heterocycles. The van der Waals surface area contributed by atoms with Crippen molar-refractivity contribution in [2.45, 2.75) is 76.2 Å². The molecule has 27 heavy (non-hydrogen) atoms. The number of carbonyl (C=O) groups is 1. The largest absolute Gasteiger partial charge is 0.444 e. The quantitative estimate of drug-likeness (QED) is 0.828. The number of hydrogen-bond acceptors (Lipinski definition) is 5. The molecule has 0 radical (unpaired) electrons. The highest BCUT2D eigenvalue weighted by atomic mass is 16.6. The Morgan fingerprint density at radius 1 is 1.19 bits per heavy atom. The van der Waals surface area contributed by atoms with Gasteiger partial charge in [-0.2, -0.15) is 0 Å². The minimum Gasteiger partial charge on any atom is -0.444 e. The van der Waals surface area contributed by atoms with Gasteiger partial charge in [0.15, 0.2) is 0 Å². The van der Waals surface area contributed by atoms with Crippen LogP contribution in [0.15, 0.2) is 30.5 Å². The molecule has 2 bridgehead atoms. The topological polar surface area (TPSA) is 75.5 Å². The number of benzene rings is 1. The van der Waals surface area contributed by atoms with Gasteiger partial charge in [0.1, 0.15) is 11.2 Å². The van der Waals surface area contributed by atoms with Crippen molar-refractivity contribution < 1.29 is 14.6 Å². The molecule has 0 aliphatic carbocycles. The van der Waals surface area contributed by atoms with Crippen molar-refractivity contribution in [3.8, 4) is 0 Å². The summed E-state index contributed by atoms with van der Waals surface area (Å²) in [5.74, 6) is 0. The van der Waals surface area contributed by atoms with Crippen LogP contribution in [0.25, 0.3) is 11.0 Å². The van der Waals surface area contributed by atoms with Crippen LogP contribution in [0.3, 0.4) is 0 Å². The molecule has 1 N–H and O–H groups in total. The van der Waals surface area contributed by atoms with Gasteiger partial charge in [-0.3, -0.25) is 4.98 Å². The zero-order chi connectivity index (χ0) is 19.2. The van der Waals surface area contributed by atoms with E-state index in [1.807, 2.05) is 49.9 Å². The second-order valence-electron chi connectivity index (χ2n) is 8.81. The maximum atomic E-state index is 12.7. The van der Waals surface area contributed by atoms with Crippen molar-refractivity contribution >= 4 is 17.1 Å². The van der Waals surface area contributed by atoms with E-state index in [2.05, 4.69) is 9.97 Å². The second kappa shape index (κ2) is 6.44. The molecule has 0 spiro atoms. The molecule has 2 saturated heterocycles. The van der Waals surface area contributed by atoms with E-state index in [4.69, 9.17) is 4.74 Å². The third-order valence-electron chi connectivity index (χ3n) is 5.54. The number of carbonyl (C=O) groups excluding carboxylic acids is 1. The number of ether oxygens (including phenoxy) is 1. The number of aromatic nitrogens is 2. The lowest BCUT2D eigenvalue weighted by atomic mass is 9.74. The normalized spacial score (nSPS) is 28.2. The Bertz CT molecular complexity index is 847. The number of amides is 1. The molecule has 2 fully saturated rings. The van der Waals surface area contributed by atoms with E-state index >= 15 is 0 Å². The fourth-order valence-electron chi connectivity index (χ4n) is 4.43. The van der Waals surface area contributed by atoms with E-state index in [0.29, 0.717) is 18.5 Å². The van der Waals surface area contributed by atoms with Gasteiger partial charge in [-0.1, -0.05) is 12.1 Å². The zero-order valence-electron chi connectivity index (χ0n) is 16.2. The van der Waals surface area contributed by atoms with E-state index in [-0.39, 0.29) is 18.2 Å². The molecule has 4 rings (SSSR count). The number of nitrogens with zero attached hydrogens (tertiary/aromatic N) is 3. The summed E-state index contributed by atoms with van der Waals surface area (Å²) < 4.78 is 5.62. The van der Waals surface area contributed by atoms with Gasteiger partial charge in [-0.25, -0.2) is 9.78 Å². The highest BCUT2D eigenvalue weighted by molar-refractivity contribution is 5.73. The Morgan fingerprint density at radius 2 is 1.81 bits per heavy atom. The first-order chi connectivity index (χ1) is 12.8. The van der Waals surface area contributed by atoms with E-state index < -0.39 is 11.2 Å². The molecular weight excluding hydrogens is 342 g/mol. The van der Waals surface area contributed by atoms with Crippen LogP contribution in [0.1, 0.15) is 58.6 Å². The molecule has 1 aromatic carbocycles. The SMILES string of the molecule is CC(C)(C)OC(=O)N1C2CCCC1CC(O)(c1cnc3ccccc3n1)C2. The third-order valence-corrected chi connectivity index (χ3v) is 5.54. The molecular formula is C21H27N3O3. The summed E-state index contributed by atoms with van der Waals surface area (Å²) in [7, 11) is 0. The van der Waals surface area contributed by atoms with E-state index in [9.17, 15) is 9.90 Å². The summed E-state index contributed by atoms with van der Waals surface area (Å²) in [6.07, 6.45) is 5.16. The van der Waals surface area contributed by atoms with Gasteiger partial charge in [0.25, 0.3) is 0 Å². The predicted molar refractivity (Wildman–Crippen MR) is 102 cm³/mol. The first-order valence-electron chi connectivity index (χ1n) is 9.71. The van der Waals surface area contributed by atoms with Gasteiger partial charge in [0.05, 0.1) is 22.9 Å². The van der Waals surface area contributed by atoms with Gasteiger partial charge >= 0.3 is 6.09 Å². The van der Waals surface area contributed by atoms with Crippen molar-refractivity contribution in [1.29, 1.82) is 0 Å². The summed E-state index contributed by atoms with van der Waals surface area (Å²) in [5, 5.41) is 11.5. The molecule has 6 heteroatoms. The first kappa shape index (κ1) is 18.2. The molecule has 1 amide bonds. The molecule has 3 heterocycles. The predicted octanol–water partition coefficient (Wildman–Crippen LogP) is 3.77. The summed E-state index contributed by atoms with van der Waals surface area (Å²) in [6.45, 7) is 5.64. The Balaban J connectivity index is 1.62. The highest BCUT2D eigenvalue weighted by Gasteiger charge is 2.50. The number of aliphatic hydroxyl groups is 1. The molecule has 2 unspecified atom stereocenters. The minimum atomic E-state index is -1.06. The monoisotopic (exact) mass is 369 g/mol. The summed E-state index contributed by atoms with van der Waals surface area (Å²) in [5.41, 5.74) is 0.607. The van der Waals surface area contributed by atoms with Crippen molar-refractivity contribution in [3.05, 3.63) is 36.2 Å². The van der Waals surface area contributed by atoms with Gasteiger partial charge in [0, 0.05) is 24.9 Å². The van der Waals surface area contributed by atoms with Crippen LogP contribution >= 0.6 is 0 Å². The van der Waals surface area contributed by atoms with E-state index in [0.717, 1.165) is 30.3 Å². The Hall–Kier alpha value is -2.21. The van der Waals surface area contributed by atoms with Crippen molar-refractivity contribution in [1.82, 2.24) is 14.9 Å². The number of rotatable bonds is 1. The maximum absolute atomic E-state index is 12.7. The lowest BCUT2D eigenvalue weighted by Crippen LogP contribution is -2.59. The van der Waals surface area contributed by atoms with Crippen LogP contribution in [0.4, 0.5) is 4.79 Å².